The van der Waals surface area contributed by atoms with Crippen LogP contribution in [-0.4, -0.2) is 37.6 Å². The standard InChI is InChI=1S/C25H30F3N3O/c1-4-17(3)29-24(32)21-14-18-13-19(25(26,27)28)7-10-22(18)31-12-11-30(15-23(21)31)20-8-5-16(2)6-9-20/h5-10,13,17,21,23H,4,11-12,14-15H2,1-3H3,(H,29,32). The number of benzene rings is 2. The second-order valence-corrected chi connectivity index (χ2v) is 9.01. The van der Waals surface area contributed by atoms with Gasteiger partial charge in [0.2, 0.25) is 5.91 Å². The number of nitrogens with zero attached hydrogens (tertiary/aromatic N) is 2. The number of piperazine rings is 1. The van der Waals surface area contributed by atoms with Crippen molar-refractivity contribution in [2.75, 3.05) is 29.4 Å². The topological polar surface area (TPSA) is 35.6 Å². The SMILES string of the molecule is CCC(C)NC(=O)C1Cc2cc(C(F)(F)F)ccc2N2CCN(c3ccc(C)cc3)CC12. The number of halogens is 3. The molecule has 3 unspecified atom stereocenters. The Morgan fingerprint density at radius 1 is 1.16 bits per heavy atom. The van der Waals surface area contributed by atoms with Gasteiger partial charge in [-0.1, -0.05) is 24.6 Å². The van der Waals surface area contributed by atoms with Crippen LogP contribution in [0.2, 0.25) is 0 Å². The minimum atomic E-state index is -4.40. The van der Waals surface area contributed by atoms with Crippen LogP contribution in [0.15, 0.2) is 42.5 Å². The van der Waals surface area contributed by atoms with Crippen LogP contribution < -0.4 is 15.1 Å². The van der Waals surface area contributed by atoms with E-state index in [4.69, 9.17) is 0 Å². The highest BCUT2D eigenvalue weighted by molar-refractivity contribution is 5.82. The first-order valence-electron chi connectivity index (χ1n) is 11.3. The molecule has 1 fully saturated rings. The van der Waals surface area contributed by atoms with Crippen molar-refractivity contribution in [2.45, 2.75) is 51.9 Å². The zero-order chi connectivity index (χ0) is 23.0. The van der Waals surface area contributed by atoms with Crippen LogP contribution in [-0.2, 0) is 17.4 Å². The fourth-order valence-corrected chi connectivity index (χ4v) is 4.74. The van der Waals surface area contributed by atoms with Gasteiger partial charge in [-0.2, -0.15) is 13.2 Å². The normalized spacial score (nSPS) is 21.6. The minimum absolute atomic E-state index is 0.0237. The number of rotatable bonds is 4. The number of nitrogens with one attached hydrogen (secondary N) is 1. The summed E-state index contributed by atoms with van der Waals surface area (Å²) in [6.07, 6.45) is -3.29. The fraction of sp³-hybridized carbons (Fsp3) is 0.480. The summed E-state index contributed by atoms with van der Waals surface area (Å²) in [4.78, 5) is 17.6. The van der Waals surface area contributed by atoms with Gasteiger partial charge >= 0.3 is 6.18 Å². The summed E-state index contributed by atoms with van der Waals surface area (Å²) in [5.74, 6) is -0.489. The molecule has 32 heavy (non-hydrogen) atoms. The predicted molar refractivity (Wildman–Crippen MR) is 121 cm³/mol. The lowest BCUT2D eigenvalue weighted by atomic mass is 9.82. The number of aryl methyl sites for hydroxylation is 1. The summed E-state index contributed by atoms with van der Waals surface area (Å²) in [5.41, 5.74) is 3.05. The van der Waals surface area contributed by atoms with Gasteiger partial charge in [0.25, 0.3) is 0 Å². The summed E-state index contributed by atoms with van der Waals surface area (Å²) in [6, 6.07) is 12.2. The van der Waals surface area contributed by atoms with Crippen molar-refractivity contribution in [3.63, 3.8) is 0 Å². The van der Waals surface area contributed by atoms with E-state index < -0.39 is 17.7 Å². The average molecular weight is 446 g/mol. The van der Waals surface area contributed by atoms with Crippen LogP contribution in [0.3, 0.4) is 0 Å². The van der Waals surface area contributed by atoms with Crippen molar-refractivity contribution in [1.29, 1.82) is 0 Å². The van der Waals surface area contributed by atoms with Crippen molar-refractivity contribution in [3.8, 4) is 0 Å². The number of hydrogen-bond donors (Lipinski definition) is 1. The van der Waals surface area contributed by atoms with E-state index in [2.05, 4.69) is 39.4 Å². The number of hydrogen-bond acceptors (Lipinski definition) is 3. The van der Waals surface area contributed by atoms with Gasteiger partial charge in [0.1, 0.15) is 0 Å². The van der Waals surface area contributed by atoms with Gasteiger partial charge in [0.05, 0.1) is 17.5 Å². The third-order valence-corrected chi connectivity index (χ3v) is 6.78. The Morgan fingerprint density at radius 3 is 2.53 bits per heavy atom. The molecule has 7 heteroatoms. The third kappa shape index (κ3) is 4.43. The van der Waals surface area contributed by atoms with E-state index in [0.717, 1.165) is 30.4 Å². The zero-order valence-electron chi connectivity index (χ0n) is 18.7. The number of fused-ring (bicyclic) bond motifs is 3. The second-order valence-electron chi connectivity index (χ2n) is 9.01. The molecule has 2 aromatic carbocycles. The van der Waals surface area contributed by atoms with Gasteiger partial charge in [0, 0.05) is 37.1 Å². The number of alkyl halides is 3. The zero-order valence-corrected chi connectivity index (χ0v) is 18.7. The molecule has 172 valence electrons. The average Bonchev–Trinajstić information content (AvgIpc) is 2.77. The fourth-order valence-electron chi connectivity index (χ4n) is 4.74. The van der Waals surface area contributed by atoms with Gasteiger partial charge in [-0.05, 0) is 62.6 Å². The molecule has 3 atom stereocenters. The Bertz CT molecular complexity index is 973. The lowest BCUT2D eigenvalue weighted by molar-refractivity contribution is -0.137. The molecule has 1 amide bonds. The van der Waals surface area contributed by atoms with E-state index in [0.29, 0.717) is 25.1 Å². The maximum Gasteiger partial charge on any atom is 0.416 e. The summed E-state index contributed by atoms with van der Waals surface area (Å²) in [5, 5.41) is 3.06. The van der Waals surface area contributed by atoms with Gasteiger partial charge in [-0.15, -0.1) is 0 Å². The summed E-state index contributed by atoms with van der Waals surface area (Å²) in [7, 11) is 0. The Kier molecular flexibility index (Phi) is 6.10. The minimum Gasteiger partial charge on any atom is -0.368 e. The van der Waals surface area contributed by atoms with Crippen molar-refractivity contribution in [3.05, 3.63) is 59.2 Å². The molecule has 0 bridgehead atoms. The summed E-state index contributed by atoms with van der Waals surface area (Å²) >= 11 is 0. The monoisotopic (exact) mass is 445 g/mol. The van der Waals surface area contributed by atoms with Crippen molar-refractivity contribution >= 4 is 17.3 Å². The summed E-state index contributed by atoms with van der Waals surface area (Å²) in [6.45, 7) is 8.06. The molecule has 1 saturated heterocycles. The van der Waals surface area contributed by atoms with Crippen LogP contribution in [0, 0.1) is 12.8 Å². The maximum absolute atomic E-state index is 13.3. The molecule has 2 aromatic rings. The smallest absolute Gasteiger partial charge is 0.368 e. The molecular weight excluding hydrogens is 415 g/mol. The quantitative estimate of drug-likeness (QED) is 0.735. The van der Waals surface area contributed by atoms with Crippen LogP contribution in [0.5, 0.6) is 0 Å². The molecule has 2 aliphatic heterocycles. The largest absolute Gasteiger partial charge is 0.416 e. The van der Waals surface area contributed by atoms with Crippen molar-refractivity contribution < 1.29 is 18.0 Å². The van der Waals surface area contributed by atoms with Crippen molar-refractivity contribution in [1.82, 2.24) is 5.32 Å². The first-order chi connectivity index (χ1) is 15.2. The molecule has 4 nitrogen and oxygen atoms in total. The molecule has 1 N–H and O–H groups in total. The Labute approximate surface area is 187 Å². The first-order valence-corrected chi connectivity index (χ1v) is 11.3. The van der Waals surface area contributed by atoms with Gasteiger partial charge in [-0.25, -0.2) is 0 Å². The van der Waals surface area contributed by atoms with E-state index in [1.807, 2.05) is 20.8 Å². The predicted octanol–water partition coefficient (Wildman–Crippen LogP) is 4.80. The number of anilines is 2. The van der Waals surface area contributed by atoms with Crippen molar-refractivity contribution in [2.24, 2.45) is 5.92 Å². The highest BCUT2D eigenvalue weighted by atomic mass is 19.4. The summed E-state index contributed by atoms with van der Waals surface area (Å²) < 4.78 is 40.0. The highest BCUT2D eigenvalue weighted by Gasteiger charge is 2.43. The maximum atomic E-state index is 13.3. The Hall–Kier alpha value is -2.70. The van der Waals surface area contributed by atoms with E-state index in [9.17, 15) is 18.0 Å². The van der Waals surface area contributed by atoms with E-state index >= 15 is 0 Å². The lowest BCUT2D eigenvalue weighted by Gasteiger charge is -2.50. The van der Waals surface area contributed by atoms with Gasteiger partial charge in [-0.3, -0.25) is 4.79 Å². The van der Waals surface area contributed by atoms with Gasteiger partial charge in [0.15, 0.2) is 0 Å². The van der Waals surface area contributed by atoms with Crippen LogP contribution in [0.4, 0.5) is 24.5 Å². The van der Waals surface area contributed by atoms with E-state index in [-0.39, 0.29) is 18.0 Å². The first kappa shape index (κ1) is 22.5. The molecule has 2 heterocycles. The third-order valence-electron chi connectivity index (χ3n) is 6.78. The molecule has 0 spiro atoms. The lowest BCUT2D eigenvalue weighted by Crippen LogP contribution is -2.61. The Balaban J connectivity index is 1.67. The van der Waals surface area contributed by atoms with Gasteiger partial charge < -0.3 is 15.1 Å². The number of carbonyl (C=O) groups is 1. The Morgan fingerprint density at radius 2 is 1.88 bits per heavy atom. The molecular formula is C25H30F3N3O. The molecule has 4 rings (SSSR count). The molecule has 2 aliphatic rings. The van der Waals surface area contributed by atoms with Crippen LogP contribution >= 0.6 is 0 Å². The number of amides is 1. The molecule has 0 radical (unpaired) electrons. The molecule has 0 aliphatic carbocycles. The van der Waals surface area contributed by atoms with Crippen LogP contribution in [0.1, 0.15) is 37.0 Å². The second kappa shape index (κ2) is 8.68. The van der Waals surface area contributed by atoms with E-state index in [1.165, 1.54) is 11.6 Å². The highest BCUT2D eigenvalue weighted by Crippen LogP contribution is 2.40. The molecule has 0 aromatic heterocycles. The number of carbonyl (C=O) groups excluding carboxylic acids is 1. The van der Waals surface area contributed by atoms with E-state index in [1.54, 1.807) is 6.07 Å². The molecule has 0 saturated carbocycles. The van der Waals surface area contributed by atoms with Crippen LogP contribution in [0.25, 0.3) is 0 Å².